The number of hydrogen-bond donors (Lipinski definition) is 1. The van der Waals surface area contributed by atoms with Gasteiger partial charge in [-0.25, -0.2) is 0 Å². The third-order valence-corrected chi connectivity index (χ3v) is 10.2. The first-order chi connectivity index (χ1) is 22.2. The minimum absolute atomic E-state index is 0.0230. The molecular formula is C39H39N3O4. The topological polar surface area (TPSA) is 92.5 Å². The van der Waals surface area contributed by atoms with Crippen LogP contribution in [0.1, 0.15) is 99.7 Å². The van der Waals surface area contributed by atoms with E-state index < -0.39 is 11.6 Å². The summed E-state index contributed by atoms with van der Waals surface area (Å²) in [5, 5.41) is 3.45. The van der Waals surface area contributed by atoms with Crippen LogP contribution in [0.4, 0.5) is 5.69 Å². The van der Waals surface area contributed by atoms with Crippen molar-refractivity contribution in [2.45, 2.75) is 70.8 Å². The molecule has 7 heteroatoms. The smallest absolute Gasteiger partial charge is 0.246 e. The molecule has 2 aliphatic carbocycles. The van der Waals surface area contributed by atoms with Gasteiger partial charge < -0.3 is 14.6 Å². The Morgan fingerprint density at radius 2 is 1.80 bits per heavy atom. The zero-order chi connectivity index (χ0) is 32.0. The fourth-order valence-corrected chi connectivity index (χ4v) is 7.49. The fourth-order valence-electron chi connectivity index (χ4n) is 7.49. The summed E-state index contributed by atoms with van der Waals surface area (Å²) in [5.41, 5.74) is 7.70. The molecule has 1 amide bonds. The third-order valence-electron chi connectivity index (χ3n) is 10.2. The van der Waals surface area contributed by atoms with Gasteiger partial charge in [-0.3, -0.25) is 19.4 Å². The van der Waals surface area contributed by atoms with E-state index in [1.54, 1.807) is 18.5 Å². The summed E-state index contributed by atoms with van der Waals surface area (Å²) < 4.78 is 6.36. The van der Waals surface area contributed by atoms with Crippen LogP contribution in [-0.2, 0) is 23.2 Å². The van der Waals surface area contributed by atoms with E-state index in [0.717, 1.165) is 73.1 Å². The SMILES string of the molecule is Cc1c(CNc2ccc(C3CCN(C(=O)/C=C/c4cccnc4)CC3)cc2)oc2c1C(=O)C(=O)c1c-2ccc2c1CCCC2(C)C. The molecule has 7 rings (SSSR count). The van der Waals surface area contributed by atoms with Gasteiger partial charge in [0.05, 0.1) is 12.1 Å². The van der Waals surface area contributed by atoms with Crippen LogP contribution in [0.25, 0.3) is 17.4 Å². The first kappa shape index (κ1) is 29.9. The Balaban J connectivity index is 1.01. The van der Waals surface area contributed by atoms with Crippen molar-refractivity contribution in [3.63, 3.8) is 0 Å². The molecule has 1 aliphatic heterocycles. The average molecular weight is 614 g/mol. The van der Waals surface area contributed by atoms with Crippen molar-refractivity contribution in [2.75, 3.05) is 18.4 Å². The Morgan fingerprint density at radius 1 is 1.04 bits per heavy atom. The highest BCUT2D eigenvalue weighted by atomic mass is 16.3. The molecule has 3 aliphatic rings. The van der Waals surface area contributed by atoms with E-state index >= 15 is 0 Å². The number of piperidine rings is 1. The quantitative estimate of drug-likeness (QED) is 0.177. The van der Waals surface area contributed by atoms with Gasteiger partial charge >= 0.3 is 0 Å². The maximum atomic E-state index is 13.5. The normalized spacial score (nSPS) is 17.5. The predicted molar refractivity (Wildman–Crippen MR) is 179 cm³/mol. The third kappa shape index (κ3) is 5.38. The predicted octanol–water partition coefficient (Wildman–Crippen LogP) is 7.67. The lowest BCUT2D eigenvalue weighted by Gasteiger charge is -2.34. The minimum atomic E-state index is -0.464. The number of nitrogens with zero attached hydrogens (tertiary/aromatic N) is 2. The Hall–Kier alpha value is -4.78. The number of aromatic nitrogens is 1. The van der Waals surface area contributed by atoms with Gasteiger partial charge in [0, 0.05) is 53.9 Å². The fraction of sp³-hybridized carbons (Fsp3) is 0.333. The number of carbonyl (C=O) groups excluding carboxylic acids is 3. The van der Waals surface area contributed by atoms with E-state index in [0.29, 0.717) is 35.1 Å². The number of likely N-dealkylation sites (tertiary alicyclic amines) is 1. The molecular weight excluding hydrogens is 574 g/mol. The molecule has 234 valence electrons. The van der Waals surface area contributed by atoms with Crippen LogP contribution in [0.5, 0.6) is 0 Å². The lowest BCUT2D eigenvalue weighted by Crippen LogP contribution is -2.36. The molecule has 0 spiro atoms. The number of hydrogen-bond acceptors (Lipinski definition) is 6. The highest BCUT2D eigenvalue weighted by Crippen LogP contribution is 2.45. The van der Waals surface area contributed by atoms with Crippen LogP contribution in [0.2, 0.25) is 0 Å². The zero-order valence-electron chi connectivity index (χ0n) is 26.7. The lowest BCUT2D eigenvalue weighted by molar-refractivity contribution is -0.126. The van der Waals surface area contributed by atoms with Crippen LogP contribution in [-0.4, -0.2) is 40.4 Å². The van der Waals surface area contributed by atoms with Crippen LogP contribution < -0.4 is 5.32 Å². The number of benzene rings is 2. The average Bonchev–Trinajstić information content (AvgIpc) is 3.41. The van der Waals surface area contributed by atoms with Crippen molar-refractivity contribution >= 4 is 29.2 Å². The van der Waals surface area contributed by atoms with E-state index in [9.17, 15) is 14.4 Å². The molecule has 0 radical (unpaired) electrons. The van der Waals surface area contributed by atoms with Gasteiger partial charge in [0.2, 0.25) is 17.5 Å². The summed E-state index contributed by atoms with van der Waals surface area (Å²) in [6.07, 6.45) is 11.6. The van der Waals surface area contributed by atoms with Crippen molar-refractivity contribution in [2.24, 2.45) is 0 Å². The summed E-state index contributed by atoms with van der Waals surface area (Å²) in [6, 6.07) is 16.3. The standard InChI is InChI=1S/C39H39N3O4/c1-24-32(46-38-30-13-14-31-29(7-4-18-39(31,2)3)35(30)37(45)36(44)34(24)38)23-41-28-11-9-26(10-12-28)27-16-20-42(21-17-27)33(43)15-8-25-6-5-19-40-22-25/h5-6,8-15,19,22,27,41H,4,7,16-18,20-21,23H2,1-3H3/b15-8+. The number of carbonyl (C=O) groups is 3. The van der Waals surface area contributed by atoms with E-state index in [-0.39, 0.29) is 11.3 Å². The molecule has 4 aromatic rings. The van der Waals surface area contributed by atoms with E-state index in [1.165, 1.54) is 11.1 Å². The number of anilines is 1. The first-order valence-electron chi connectivity index (χ1n) is 16.3. The number of furan rings is 1. The summed E-state index contributed by atoms with van der Waals surface area (Å²) >= 11 is 0. The Morgan fingerprint density at radius 3 is 2.54 bits per heavy atom. The molecule has 1 fully saturated rings. The maximum absolute atomic E-state index is 13.5. The second kappa shape index (κ2) is 11.9. The van der Waals surface area contributed by atoms with Gasteiger partial charge in [0.15, 0.2) is 0 Å². The molecule has 2 aromatic heterocycles. The number of Topliss-reactive ketones (excluding diaryl/α,β-unsaturated/α-hetero) is 2. The second-order valence-corrected chi connectivity index (χ2v) is 13.5. The van der Waals surface area contributed by atoms with E-state index in [1.807, 2.05) is 36.1 Å². The monoisotopic (exact) mass is 613 g/mol. The first-order valence-corrected chi connectivity index (χ1v) is 16.3. The molecule has 7 nitrogen and oxygen atoms in total. The van der Waals surface area contributed by atoms with Crippen molar-refractivity contribution in [3.05, 3.63) is 112 Å². The van der Waals surface area contributed by atoms with Crippen LogP contribution >= 0.6 is 0 Å². The Labute approximate surface area is 269 Å². The van der Waals surface area contributed by atoms with Gasteiger partial charge in [-0.15, -0.1) is 0 Å². The lowest BCUT2D eigenvalue weighted by atomic mass is 9.69. The summed E-state index contributed by atoms with van der Waals surface area (Å²) in [4.78, 5) is 45.6. The molecule has 3 heterocycles. The molecule has 1 saturated heterocycles. The minimum Gasteiger partial charge on any atom is -0.458 e. The van der Waals surface area contributed by atoms with Crippen molar-refractivity contribution in [1.82, 2.24) is 9.88 Å². The molecule has 46 heavy (non-hydrogen) atoms. The number of amides is 1. The molecule has 0 saturated carbocycles. The zero-order valence-corrected chi connectivity index (χ0v) is 26.7. The Kier molecular flexibility index (Phi) is 7.71. The summed E-state index contributed by atoms with van der Waals surface area (Å²) in [5.74, 6) is 0.749. The van der Waals surface area contributed by atoms with Crippen molar-refractivity contribution < 1.29 is 18.8 Å². The van der Waals surface area contributed by atoms with E-state index in [4.69, 9.17) is 4.42 Å². The number of nitrogens with one attached hydrogen (secondary N) is 1. The maximum Gasteiger partial charge on any atom is 0.246 e. The van der Waals surface area contributed by atoms with Gasteiger partial charge in [-0.1, -0.05) is 44.2 Å². The summed E-state index contributed by atoms with van der Waals surface area (Å²) in [6.45, 7) is 8.15. The number of rotatable bonds is 6. The van der Waals surface area contributed by atoms with Gasteiger partial charge in [-0.05, 0) is 96.9 Å². The van der Waals surface area contributed by atoms with Crippen LogP contribution in [0, 0.1) is 6.92 Å². The largest absolute Gasteiger partial charge is 0.458 e. The van der Waals surface area contributed by atoms with E-state index in [2.05, 4.69) is 54.5 Å². The highest BCUT2D eigenvalue weighted by molar-refractivity contribution is 6.53. The van der Waals surface area contributed by atoms with Crippen molar-refractivity contribution in [3.8, 4) is 11.3 Å². The van der Waals surface area contributed by atoms with Crippen LogP contribution in [0.3, 0.4) is 0 Å². The number of fused-ring (bicyclic) bond motifs is 5. The number of pyridine rings is 1. The van der Waals surface area contributed by atoms with Gasteiger partial charge in [-0.2, -0.15) is 0 Å². The van der Waals surface area contributed by atoms with Gasteiger partial charge in [0.25, 0.3) is 0 Å². The van der Waals surface area contributed by atoms with Crippen LogP contribution in [0.15, 0.2) is 71.4 Å². The molecule has 0 unspecified atom stereocenters. The van der Waals surface area contributed by atoms with Crippen molar-refractivity contribution in [1.29, 1.82) is 0 Å². The van der Waals surface area contributed by atoms with Gasteiger partial charge in [0.1, 0.15) is 11.5 Å². The summed E-state index contributed by atoms with van der Waals surface area (Å²) in [7, 11) is 0. The highest BCUT2D eigenvalue weighted by Gasteiger charge is 2.40. The molecule has 1 N–H and O–H groups in total. The molecule has 0 bridgehead atoms. The molecule has 0 atom stereocenters. The molecule has 2 aromatic carbocycles. The second-order valence-electron chi connectivity index (χ2n) is 13.5. The number of ketones is 2. The Bertz CT molecular complexity index is 1860.